The highest BCUT2D eigenvalue weighted by Crippen LogP contribution is 2.27. The molecule has 9 heteroatoms. The van der Waals surface area contributed by atoms with Crippen molar-refractivity contribution in [2.45, 2.75) is 19.8 Å². The van der Waals surface area contributed by atoms with Crippen molar-refractivity contribution in [2.75, 3.05) is 11.9 Å². The van der Waals surface area contributed by atoms with E-state index in [1.165, 1.54) is 6.92 Å². The minimum atomic E-state index is -0.641. The van der Waals surface area contributed by atoms with Crippen LogP contribution in [0.2, 0.25) is 5.02 Å². The average Bonchev–Trinajstić information content (AvgIpc) is 2.58. The number of anilines is 2. The lowest BCUT2D eigenvalue weighted by atomic mass is 10.1. The Hall–Kier alpha value is -2.87. The quantitative estimate of drug-likeness (QED) is 0.322. The van der Waals surface area contributed by atoms with Crippen molar-refractivity contribution in [3.8, 4) is 0 Å². The van der Waals surface area contributed by atoms with E-state index in [1.807, 2.05) is 0 Å². The third-order valence-corrected chi connectivity index (χ3v) is 3.81. The molecule has 0 fully saturated rings. The summed E-state index contributed by atoms with van der Waals surface area (Å²) in [6.45, 7) is 1.50. The van der Waals surface area contributed by atoms with Gasteiger partial charge in [0.1, 0.15) is 11.4 Å². The van der Waals surface area contributed by atoms with Crippen molar-refractivity contribution < 1.29 is 14.5 Å². The maximum absolute atomic E-state index is 11.3. The zero-order chi connectivity index (χ0) is 18.6. The summed E-state index contributed by atoms with van der Waals surface area (Å²) in [6.07, 6.45) is 0.0320. The minimum Gasteiger partial charge on any atom is -0.314 e. The molecule has 1 aromatic heterocycles. The van der Waals surface area contributed by atoms with E-state index in [1.54, 1.807) is 36.2 Å². The third kappa shape index (κ3) is 4.36. The molecule has 130 valence electrons. The van der Waals surface area contributed by atoms with Crippen LogP contribution < -0.4 is 4.90 Å². The fourth-order valence-electron chi connectivity index (χ4n) is 2.25. The van der Waals surface area contributed by atoms with Gasteiger partial charge in [-0.3, -0.25) is 19.7 Å². The number of Topliss-reactive ketones (excluding diaryl/α,β-unsaturated/α-hetero) is 1. The Kier molecular flexibility index (Phi) is 5.76. The van der Waals surface area contributed by atoms with Crippen LogP contribution in [0.4, 0.5) is 17.3 Å². The van der Waals surface area contributed by atoms with Crippen LogP contribution in [0.15, 0.2) is 24.3 Å². The van der Waals surface area contributed by atoms with Gasteiger partial charge in [-0.1, -0.05) is 11.6 Å². The lowest BCUT2D eigenvalue weighted by molar-refractivity contribution is -0.386. The summed E-state index contributed by atoms with van der Waals surface area (Å²) in [5.41, 5.74) is 0.799. The van der Waals surface area contributed by atoms with Crippen LogP contribution in [0.25, 0.3) is 0 Å². The van der Waals surface area contributed by atoms with Gasteiger partial charge in [-0.2, -0.15) is 0 Å². The number of aryl methyl sites for hydroxylation is 2. The molecule has 0 saturated carbocycles. The van der Waals surface area contributed by atoms with Crippen LogP contribution in [0.5, 0.6) is 0 Å². The Bertz CT molecular complexity index is 824. The van der Waals surface area contributed by atoms with Crippen molar-refractivity contribution in [3.63, 3.8) is 0 Å². The molecule has 1 heterocycles. The number of nitrogens with zero attached hydrogens (tertiary/aromatic N) is 4. The molecule has 2 aromatic rings. The van der Waals surface area contributed by atoms with E-state index in [9.17, 15) is 19.7 Å². The molecule has 0 aliphatic carbocycles. The topological polar surface area (TPSA) is 106 Å². The molecule has 25 heavy (non-hydrogen) atoms. The highest BCUT2D eigenvalue weighted by molar-refractivity contribution is 6.30. The van der Waals surface area contributed by atoms with Gasteiger partial charge in [-0.25, -0.2) is 9.97 Å². The Labute approximate surface area is 148 Å². The standard InChI is InChI=1S/C16H15ClN4O4/c1-10-15(21(24)25)14(8-7-13(23)9-22)19-16(18-10)20(2)12-5-3-11(17)4-6-12/h3-6,9H,7-8H2,1-2H3. The Morgan fingerprint density at radius 1 is 1.32 bits per heavy atom. The number of benzene rings is 1. The second-order valence-electron chi connectivity index (χ2n) is 5.28. The van der Waals surface area contributed by atoms with E-state index in [0.717, 1.165) is 5.69 Å². The number of hydrogen-bond acceptors (Lipinski definition) is 7. The summed E-state index contributed by atoms with van der Waals surface area (Å²) >= 11 is 5.87. The second-order valence-corrected chi connectivity index (χ2v) is 5.72. The molecular formula is C16H15ClN4O4. The lowest BCUT2D eigenvalue weighted by Gasteiger charge is -2.18. The first-order valence-electron chi connectivity index (χ1n) is 7.32. The van der Waals surface area contributed by atoms with Gasteiger partial charge in [-0.05, 0) is 31.2 Å². The molecule has 0 N–H and O–H groups in total. The van der Waals surface area contributed by atoms with Crippen molar-refractivity contribution in [3.05, 3.63) is 50.8 Å². The number of halogens is 1. The molecular weight excluding hydrogens is 348 g/mol. The van der Waals surface area contributed by atoms with E-state index < -0.39 is 10.7 Å². The largest absolute Gasteiger partial charge is 0.314 e. The number of carbonyl (C=O) groups is 2. The van der Waals surface area contributed by atoms with Crippen LogP contribution in [-0.4, -0.2) is 34.0 Å². The van der Waals surface area contributed by atoms with Gasteiger partial charge in [-0.15, -0.1) is 0 Å². The van der Waals surface area contributed by atoms with Crippen LogP contribution in [0, 0.1) is 17.0 Å². The zero-order valence-corrected chi connectivity index (χ0v) is 14.4. The fourth-order valence-corrected chi connectivity index (χ4v) is 2.38. The maximum Gasteiger partial charge on any atom is 0.311 e. The van der Waals surface area contributed by atoms with E-state index in [4.69, 9.17) is 11.6 Å². The zero-order valence-electron chi connectivity index (χ0n) is 13.6. The van der Waals surface area contributed by atoms with E-state index in [0.29, 0.717) is 5.02 Å². The fraction of sp³-hybridized carbons (Fsp3) is 0.250. The molecule has 2 rings (SSSR count). The van der Waals surface area contributed by atoms with Crippen LogP contribution in [0.3, 0.4) is 0 Å². The van der Waals surface area contributed by atoms with Gasteiger partial charge in [0.05, 0.1) is 4.92 Å². The molecule has 0 unspecified atom stereocenters. The van der Waals surface area contributed by atoms with Crippen molar-refractivity contribution >= 4 is 41.0 Å². The van der Waals surface area contributed by atoms with Gasteiger partial charge in [0.25, 0.3) is 0 Å². The molecule has 0 radical (unpaired) electrons. The van der Waals surface area contributed by atoms with Gasteiger partial charge in [0.2, 0.25) is 5.95 Å². The SMILES string of the molecule is Cc1nc(N(C)c2ccc(Cl)cc2)nc(CCC(=O)C=O)c1[N+](=O)[O-]. The van der Waals surface area contributed by atoms with Crippen molar-refractivity contribution in [1.82, 2.24) is 9.97 Å². The number of carbonyl (C=O) groups excluding carboxylic acids is 2. The molecule has 0 spiro atoms. The highest BCUT2D eigenvalue weighted by Gasteiger charge is 2.23. The van der Waals surface area contributed by atoms with Crippen LogP contribution >= 0.6 is 11.6 Å². The normalized spacial score (nSPS) is 10.4. The smallest absolute Gasteiger partial charge is 0.311 e. The molecule has 0 aliphatic rings. The van der Waals surface area contributed by atoms with Gasteiger partial charge in [0, 0.05) is 30.6 Å². The van der Waals surface area contributed by atoms with Crippen LogP contribution in [0.1, 0.15) is 17.8 Å². The van der Waals surface area contributed by atoms with Crippen LogP contribution in [-0.2, 0) is 16.0 Å². The minimum absolute atomic E-state index is 0.0152. The first-order valence-corrected chi connectivity index (χ1v) is 7.70. The number of ketones is 1. The first-order chi connectivity index (χ1) is 11.8. The van der Waals surface area contributed by atoms with E-state index in [2.05, 4.69) is 9.97 Å². The van der Waals surface area contributed by atoms with Crippen molar-refractivity contribution in [1.29, 1.82) is 0 Å². The summed E-state index contributed by atoms with van der Waals surface area (Å²) in [5.74, 6) is -0.392. The summed E-state index contributed by atoms with van der Waals surface area (Å²) in [5, 5.41) is 11.9. The van der Waals surface area contributed by atoms with Crippen molar-refractivity contribution in [2.24, 2.45) is 0 Å². The maximum atomic E-state index is 11.3. The number of aldehydes is 1. The second kappa shape index (κ2) is 7.80. The molecule has 8 nitrogen and oxygen atoms in total. The van der Waals surface area contributed by atoms with Gasteiger partial charge >= 0.3 is 5.69 Å². The molecule has 0 bridgehead atoms. The number of nitro groups is 1. The summed E-state index contributed by atoms with van der Waals surface area (Å²) in [7, 11) is 1.71. The monoisotopic (exact) mass is 362 g/mol. The van der Waals surface area contributed by atoms with E-state index >= 15 is 0 Å². The Balaban J connectivity index is 2.43. The Morgan fingerprint density at radius 2 is 1.96 bits per heavy atom. The summed E-state index contributed by atoms with van der Waals surface area (Å²) < 4.78 is 0. The number of hydrogen-bond donors (Lipinski definition) is 0. The molecule has 1 aromatic carbocycles. The molecule has 0 aliphatic heterocycles. The predicted octanol–water partition coefficient (Wildman–Crippen LogP) is 2.82. The highest BCUT2D eigenvalue weighted by atomic mass is 35.5. The molecule has 0 amide bonds. The lowest BCUT2D eigenvalue weighted by Crippen LogP contribution is -2.16. The number of rotatable bonds is 7. The molecule has 0 saturated heterocycles. The summed E-state index contributed by atoms with van der Waals surface area (Å²) in [4.78, 5) is 42.5. The average molecular weight is 363 g/mol. The summed E-state index contributed by atoms with van der Waals surface area (Å²) in [6, 6.07) is 6.93. The predicted molar refractivity (Wildman–Crippen MR) is 92.3 cm³/mol. The molecule has 0 atom stereocenters. The third-order valence-electron chi connectivity index (χ3n) is 3.55. The Morgan fingerprint density at radius 3 is 2.52 bits per heavy atom. The van der Waals surface area contributed by atoms with E-state index in [-0.39, 0.29) is 42.2 Å². The number of aromatic nitrogens is 2. The van der Waals surface area contributed by atoms with Gasteiger partial charge < -0.3 is 4.90 Å². The first kappa shape index (κ1) is 18.5. The van der Waals surface area contributed by atoms with Gasteiger partial charge in [0.15, 0.2) is 12.1 Å².